The Bertz CT molecular complexity index is 571. The number of halogens is 2. The van der Waals surface area contributed by atoms with E-state index in [1.165, 1.54) is 12.1 Å². The number of ether oxygens (including phenoxy) is 1. The topological polar surface area (TPSA) is 66.0 Å². The minimum atomic E-state index is -0.947. The van der Waals surface area contributed by atoms with Gasteiger partial charge in [-0.15, -0.1) is 10.2 Å². The first-order valence-electron chi connectivity index (χ1n) is 5.74. The molecule has 1 aromatic heterocycles. The highest BCUT2D eigenvalue weighted by Crippen LogP contribution is 2.23. The van der Waals surface area contributed by atoms with E-state index in [1.54, 1.807) is 11.7 Å². The third-order valence-corrected chi connectivity index (χ3v) is 2.72. The van der Waals surface area contributed by atoms with Gasteiger partial charge >= 0.3 is 0 Å². The van der Waals surface area contributed by atoms with Gasteiger partial charge in [-0.2, -0.15) is 0 Å². The number of hydrogen-bond donors (Lipinski definition) is 1. The van der Waals surface area contributed by atoms with Crippen molar-refractivity contribution in [1.82, 2.24) is 14.8 Å². The van der Waals surface area contributed by atoms with E-state index < -0.39 is 11.6 Å². The highest BCUT2D eigenvalue weighted by molar-refractivity contribution is 5.56. The molecule has 0 aliphatic carbocycles. The van der Waals surface area contributed by atoms with Crippen molar-refractivity contribution in [2.24, 2.45) is 5.73 Å². The van der Waals surface area contributed by atoms with Gasteiger partial charge in [0.05, 0.1) is 18.7 Å². The van der Waals surface area contributed by atoms with Crippen LogP contribution in [0.3, 0.4) is 0 Å². The van der Waals surface area contributed by atoms with Crippen LogP contribution in [-0.4, -0.2) is 28.5 Å². The molecule has 2 rings (SSSR count). The van der Waals surface area contributed by atoms with Gasteiger partial charge < -0.3 is 15.0 Å². The van der Waals surface area contributed by atoms with Crippen LogP contribution in [0.25, 0.3) is 11.4 Å². The predicted molar refractivity (Wildman–Crippen MR) is 65.1 cm³/mol. The van der Waals surface area contributed by atoms with E-state index in [2.05, 4.69) is 10.2 Å². The lowest BCUT2D eigenvalue weighted by Crippen LogP contribution is -2.13. The third kappa shape index (κ3) is 2.61. The summed E-state index contributed by atoms with van der Waals surface area (Å²) in [6.07, 6.45) is 0. The van der Waals surface area contributed by atoms with E-state index in [0.29, 0.717) is 19.0 Å². The number of benzene rings is 1. The van der Waals surface area contributed by atoms with Crippen LogP contribution < -0.4 is 5.73 Å². The summed E-state index contributed by atoms with van der Waals surface area (Å²) in [5.41, 5.74) is 5.61. The van der Waals surface area contributed by atoms with Crippen LogP contribution in [-0.2, 0) is 17.8 Å². The van der Waals surface area contributed by atoms with Crippen molar-refractivity contribution in [3.05, 3.63) is 35.7 Å². The lowest BCUT2D eigenvalue weighted by Gasteiger charge is -2.09. The molecule has 0 radical (unpaired) electrons. The zero-order chi connectivity index (χ0) is 13.8. The zero-order valence-corrected chi connectivity index (χ0v) is 10.4. The van der Waals surface area contributed by atoms with Gasteiger partial charge in [0.25, 0.3) is 0 Å². The fourth-order valence-electron chi connectivity index (χ4n) is 1.78. The highest BCUT2D eigenvalue weighted by Gasteiger charge is 2.17. The van der Waals surface area contributed by atoms with Crippen LogP contribution in [0.1, 0.15) is 5.82 Å². The highest BCUT2D eigenvalue weighted by atomic mass is 19.2. The Morgan fingerprint density at radius 1 is 1.32 bits per heavy atom. The second-order valence-electron chi connectivity index (χ2n) is 3.89. The van der Waals surface area contributed by atoms with Crippen LogP contribution >= 0.6 is 0 Å². The number of hydrogen-bond acceptors (Lipinski definition) is 4. The van der Waals surface area contributed by atoms with Gasteiger partial charge in [-0.1, -0.05) is 6.07 Å². The molecule has 0 atom stereocenters. The first kappa shape index (κ1) is 13.6. The fourth-order valence-corrected chi connectivity index (χ4v) is 1.78. The van der Waals surface area contributed by atoms with E-state index in [4.69, 9.17) is 10.5 Å². The fraction of sp³-hybridized carbons (Fsp3) is 0.333. The summed E-state index contributed by atoms with van der Waals surface area (Å²) in [5.74, 6) is -1.13. The molecule has 0 aliphatic heterocycles. The first-order valence-corrected chi connectivity index (χ1v) is 5.74. The van der Waals surface area contributed by atoms with Crippen LogP contribution in [0, 0.1) is 11.6 Å². The largest absolute Gasteiger partial charge is 0.383 e. The van der Waals surface area contributed by atoms with Gasteiger partial charge in [-0.25, -0.2) is 8.78 Å². The molecule has 0 spiro atoms. The van der Waals surface area contributed by atoms with Crippen LogP contribution in [0.5, 0.6) is 0 Å². The monoisotopic (exact) mass is 268 g/mol. The molecule has 0 unspecified atom stereocenters. The summed E-state index contributed by atoms with van der Waals surface area (Å²) >= 11 is 0. The minimum absolute atomic E-state index is 0.0586. The molecule has 0 saturated carbocycles. The molecule has 2 N–H and O–H groups in total. The van der Waals surface area contributed by atoms with E-state index in [-0.39, 0.29) is 17.9 Å². The maximum absolute atomic E-state index is 13.8. The molecule has 0 saturated heterocycles. The standard InChI is InChI=1S/C12H14F2N4O/c1-19-6-5-18-10(7-15)16-17-12(18)8-3-2-4-9(13)11(8)14/h2-4H,5-7,15H2,1H3. The smallest absolute Gasteiger partial charge is 0.169 e. The van der Waals surface area contributed by atoms with Crippen molar-refractivity contribution < 1.29 is 13.5 Å². The molecule has 0 amide bonds. The summed E-state index contributed by atoms with van der Waals surface area (Å²) < 4.78 is 33.6. The van der Waals surface area contributed by atoms with Crippen molar-refractivity contribution in [3.63, 3.8) is 0 Å². The Hall–Kier alpha value is -1.86. The van der Waals surface area contributed by atoms with E-state index in [9.17, 15) is 8.78 Å². The molecule has 1 aromatic carbocycles. The normalized spacial score (nSPS) is 10.9. The van der Waals surface area contributed by atoms with Crippen LogP contribution in [0.15, 0.2) is 18.2 Å². The van der Waals surface area contributed by atoms with Gasteiger partial charge in [0.1, 0.15) is 5.82 Å². The quantitative estimate of drug-likeness (QED) is 0.888. The number of nitrogens with zero attached hydrogens (tertiary/aromatic N) is 3. The number of methoxy groups -OCH3 is 1. The van der Waals surface area contributed by atoms with Crippen molar-refractivity contribution in [2.45, 2.75) is 13.1 Å². The summed E-state index contributed by atoms with van der Waals surface area (Å²) in [5, 5.41) is 7.76. The molecular formula is C12H14F2N4O. The maximum atomic E-state index is 13.8. The molecule has 0 bridgehead atoms. The maximum Gasteiger partial charge on any atom is 0.169 e. The van der Waals surface area contributed by atoms with E-state index in [0.717, 1.165) is 6.07 Å². The SMILES string of the molecule is COCCn1c(CN)nnc1-c1cccc(F)c1F. The van der Waals surface area contributed by atoms with Gasteiger partial charge in [0.2, 0.25) is 0 Å². The van der Waals surface area contributed by atoms with Crippen molar-refractivity contribution in [3.8, 4) is 11.4 Å². The third-order valence-electron chi connectivity index (χ3n) is 2.72. The second-order valence-corrected chi connectivity index (χ2v) is 3.89. The van der Waals surface area contributed by atoms with E-state index in [1.807, 2.05) is 0 Å². The number of rotatable bonds is 5. The van der Waals surface area contributed by atoms with Crippen LogP contribution in [0.2, 0.25) is 0 Å². The Morgan fingerprint density at radius 3 is 2.79 bits per heavy atom. The zero-order valence-electron chi connectivity index (χ0n) is 10.4. The number of nitrogens with two attached hydrogens (primary N) is 1. The Labute approximate surface area is 109 Å². The Kier molecular flexibility index (Phi) is 4.18. The lowest BCUT2D eigenvalue weighted by molar-refractivity contribution is 0.186. The van der Waals surface area contributed by atoms with Gasteiger partial charge in [-0.05, 0) is 12.1 Å². The molecule has 0 aliphatic rings. The predicted octanol–water partition coefficient (Wildman–Crippen LogP) is 1.33. The van der Waals surface area contributed by atoms with Gasteiger partial charge in [0, 0.05) is 13.7 Å². The van der Waals surface area contributed by atoms with Gasteiger partial charge in [-0.3, -0.25) is 0 Å². The summed E-state index contributed by atoms with van der Waals surface area (Å²) in [6, 6.07) is 3.93. The number of aromatic nitrogens is 3. The summed E-state index contributed by atoms with van der Waals surface area (Å²) in [7, 11) is 1.55. The lowest BCUT2D eigenvalue weighted by atomic mass is 10.2. The molecule has 2 aromatic rings. The molecular weight excluding hydrogens is 254 g/mol. The molecule has 0 fully saturated rings. The average molecular weight is 268 g/mol. The van der Waals surface area contributed by atoms with Crippen molar-refractivity contribution in [2.75, 3.05) is 13.7 Å². The molecule has 1 heterocycles. The van der Waals surface area contributed by atoms with Crippen LogP contribution in [0.4, 0.5) is 8.78 Å². The van der Waals surface area contributed by atoms with Crippen molar-refractivity contribution in [1.29, 1.82) is 0 Å². The summed E-state index contributed by atoms with van der Waals surface area (Å²) in [4.78, 5) is 0. The Balaban J connectivity index is 2.49. The van der Waals surface area contributed by atoms with Gasteiger partial charge in [0.15, 0.2) is 17.5 Å². The van der Waals surface area contributed by atoms with Crippen molar-refractivity contribution >= 4 is 0 Å². The summed E-state index contributed by atoms with van der Waals surface area (Å²) in [6.45, 7) is 0.976. The second kappa shape index (κ2) is 5.85. The van der Waals surface area contributed by atoms with E-state index >= 15 is 0 Å². The molecule has 19 heavy (non-hydrogen) atoms. The molecule has 7 heteroatoms. The molecule has 5 nitrogen and oxygen atoms in total. The average Bonchev–Trinajstić information content (AvgIpc) is 2.82. The first-order chi connectivity index (χ1) is 9.19. The minimum Gasteiger partial charge on any atom is -0.383 e. The molecule has 102 valence electrons. The Morgan fingerprint density at radius 2 is 2.11 bits per heavy atom.